The van der Waals surface area contributed by atoms with E-state index in [9.17, 15) is 0 Å². The molecule has 16 heavy (non-hydrogen) atoms. The molecular formula is C12H17N3O. The van der Waals surface area contributed by atoms with E-state index in [1.807, 2.05) is 19.2 Å². The van der Waals surface area contributed by atoms with Gasteiger partial charge < -0.3 is 14.7 Å². The van der Waals surface area contributed by atoms with Gasteiger partial charge in [-0.05, 0) is 19.4 Å². The molecule has 0 bridgehead atoms. The van der Waals surface area contributed by atoms with E-state index in [0.29, 0.717) is 0 Å². The third-order valence-corrected chi connectivity index (χ3v) is 2.60. The van der Waals surface area contributed by atoms with Crippen LogP contribution in [0.2, 0.25) is 0 Å². The van der Waals surface area contributed by atoms with E-state index in [1.54, 1.807) is 12.5 Å². The molecule has 0 saturated heterocycles. The first-order valence-electron chi connectivity index (χ1n) is 5.54. The van der Waals surface area contributed by atoms with Crippen LogP contribution < -0.4 is 5.73 Å². The van der Waals surface area contributed by atoms with E-state index in [0.717, 1.165) is 30.1 Å². The molecule has 1 unspecified atom stereocenters. The molecule has 2 aromatic heterocycles. The average molecular weight is 219 g/mol. The van der Waals surface area contributed by atoms with Crippen LogP contribution >= 0.6 is 0 Å². The Bertz CT molecular complexity index is 458. The molecular weight excluding hydrogens is 202 g/mol. The minimum Gasteiger partial charge on any atom is -0.469 e. The van der Waals surface area contributed by atoms with Gasteiger partial charge in [-0.1, -0.05) is 6.92 Å². The fourth-order valence-electron chi connectivity index (χ4n) is 1.81. The normalized spacial score (nSPS) is 12.9. The molecule has 2 N–H and O–H groups in total. The summed E-state index contributed by atoms with van der Waals surface area (Å²) in [5, 5.41) is 0. The molecule has 0 aliphatic rings. The zero-order valence-electron chi connectivity index (χ0n) is 9.68. The van der Waals surface area contributed by atoms with Crippen molar-refractivity contribution < 1.29 is 4.42 Å². The number of furan rings is 1. The lowest BCUT2D eigenvalue weighted by Gasteiger charge is -2.11. The highest BCUT2D eigenvalue weighted by molar-refractivity contribution is 5.22. The number of nitrogens with zero attached hydrogens (tertiary/aromatic N) is 2. The number of rotatable bonds is 4. The van der Waals surface area contributed by atoms with Gasteiger partial charge in [0.25, 0.3) is 0 Å². The number of imidazole rings is 1. The molecule has 2 heterocycles. The van der Waals surface area contributed by atoms with Gasteiger partial charge in [-0.15, -0.1) is 0 Å². The molecule has 0 aromatic carbocycles. The molecule has 0 aliphatic heterocycles. The Morgan fingerprint density at radius 3 is 3.00 bits per heavy atom. The van der Waals surface area contributed by atoms with Crippen LogP contribution in [0.3, 0.4) is 0 Å². The highest BCUT2D eigenvalue weighted by Gasteiger charge is 2.16. The van der Waals surface area contributed by atoms with Gasteiger partial charge in [-0.25, -0.2) is 4.98 Å². The fraction of sp³-hybridized carbons (Fsp3) is 0.417. The molecule has 4 heteroatoms. The first-order valence-corrected chi connectivity index (χ1v) is 5.54. The second-order valence-electron chi connectivity index (χ2n) is 3.95. The second-order valence-corrected chi connectivity index (χ2v) is 3.95. The van der Waals surface area contributed by atoms with Gasteiger partial charge in [0, 0.05) is 24.5 Å². The van der Waals surface area contributed by atoms with Crippen molar-refractivity contribution in [2.24, 2.45) is 5.73 Å². The summed E-state index contributed by atoms with van der Waals surface area (Å²) in [4.78, 5) is 4.32. The number of hydrogen-bond donors (Lipinski definition) is 1. The third-order valence-electron chi connectivity index (χ3n) is 2.60. The van der Waals surface area contributed by atoms with Crippen LogP contribution in [0.25, 0.3) is 0 Å². The Kier molecular flexibility index (Phi) is 3.10. The van der Waals surface area contributed by atoms with Crippen LogP contribution in [-0.2, 0) is 6.54 Å². The van der Waals surface area contributed by atoms with E-state index in [4.69, 9.17) is 10.2 Å². The summed E-state index contributed by atoms with van der Waals surface area (Å²) >= 11 is 0. The van der Waals surface area contributed by atoms with Crippen LogP contribution in [0, 0.1) is 6.92 Å². The summed E-state index contributed by atoms with van der Waals surface area (Å²) in [5.74, 6) is 1.77. The Balaban J connectivity index is 2.26. The van der Waals surface area contributed by atoms with Crippen molar-refractivity contribution in [1.29, 1.82) is 0 Å². The predicted molar refractivity (Wildman–Crippen MR) is 62.0 cm³/mol. The van der Waals surface area contributed by atoms with Gasteiger partial charge in [-0.2, -0.15) is 0 Å². The highest BCUT2D eigenvalue weighted by Crippen LogP contribution is 2.20. The van der Waals surface area contributed by atoms with E-state index in [-0.39, 0.29) is 6.04 Å². The maximum Gasteiger partial charge on any atom is 0.130 e. The quantitative estimate of drug-likeness (QED) is 0.858. The number of aryl methyl sites for hydroxylation is 2. The minimum atomic E-state index is -0.209. The summed E-state index contributed by atoms with van der Waals surface area (Å²) in [6.07, 6.45) is 6.52. The standard InChI is InChI=1S/C12H17N3O/c1-3-5-15-6-4-14-12(15)11(13)10-7-9(2)16-8-10/h4,6-8,11H,3,5,13H2,1-2H3. The molecule has 1 atom stereocenters. The lowest BCUT2D eigenvalue weighted by Crippen LogP contribution is -2.17. The van der Waals surface area contributed by atoms with Crippen LogP contribution in [0.4, 0.5) is 0 Å². The molecule has 2 rings (SSSR count). The Labute approximate surface area is 95.1 Å². The first-order chi connectivity index (χ1) is 7.72. The molecule has 0 spiro atoms. The maximum atomic E-state index is 6.16. The van der Waals surface area contributed by atoms with Crippen molar-refractivity contribution in [1.82, 2.24) is 9.55 Å². The molecule has 0 aliphatic carbocycles. The zero-order chi connectivity index (χ0) is 11.5. The fourth-order valence-corrected chi connectivity index (χ4v) is 1.81. The van der Waals surface area contributed by atoms with E-state index in [1.165, 1.54) is 0 Å². The molecule has 0 fully saturated rings. The summed E-state index contributed by atoms with van der Waals surface area (Å²) in [6.45, 7) is 4.99. The smallest absolute Gasteiger partial charge is 0.130 e. The summed E-state index contributed by atoms with van der Waals surface area (Å²) in [5.41, 5.74) is 7.14. The van der Waals surface area contributed by atoms with Crippen molar-refractivity contribution in [2.75, 3.05) is 0 Å². The zero-order valence-corrected chi connectivity index (χ0v) is 9.68. The topological polar surface area (TPSA) is 57.0 Å². The van der Waals surface area contributed by atoms with E-state index in [2.05, 4.69) is 16.5 Å². The number of hydrogen-bond acceptors (Lipinski definition) is 3. The second kappa shape index (κ2) is 4.53. The van der Waals surface area contributed by atoms with Gasteiger partial charge in [0.1, 0.15) is 11.6 Å². The molecule has 0 saturated carbocycles. The minimum absolute atomic E-state index is 0.209. The highest BCUT2D eigenvalue weighted by atomic mass is 16.3. The summed E-state index contributed by atoms with van der Waals surface area (Å²) < 4.78 is 7.36. The van der Waals surface area contributed by atoms with Gasteiger partial charge in [-0.3, -0.25) is 0 Å². The molecule has 4 nitrogen and oxygen atoms in total. The average Bonchev–Trinajstić information content (AvgIpc) is 2.87. The van der Waals surface area contributed by atoms with Gasteiger partial charge in [0.15, 0.2) is 0 Å². The van der Waals surface area contributed by atoms with Crippen LogP contribution in [0.15, 0.2) is 29.1 Å². The van der Waals surface area contributed by atoms with Crippen molar-refractivity contribution in [3.05, 3.63) is 41.9 Å². The first kappa shape index (κ1) is 11.0. The maximum absolute atomic E-state index is 6.16. The molecule has 0 radical (unpaired) electrons. The van der Waals surface area contributed by atoms with Crippen LogP contribution in [-0.4, -0.2) is 9.55 Å². The predicted octanol–water partition coefficient (Wildman–Crippen LogP) is 2.24. The van der Waals surface area contributed by atoms with Crippen LogP contribution in [0.1, 0.15) is 36.5 Å². The summed E-state index contributed by atoms with van der Waals surface area (Å²) in [7, 11) is 0. The number of aromatic nitrogens is 2. The summed E-state index contributed by atoms with van der Waals surface area (Å²) in [6, 6.07) is 1.74. The van der Waals surface area contributed by atoms with E-state index < -0.39 is 0 Å². The van der Waals surface area contributed by atoms with Gasteiger partial charge in [0.05, 0.1) is 12.3 Å². The largest absolute Gasteiger partial charge is 0.469 e. The Morgan fingerprint density at radius 2 is 2.38 bits per heavy atom. The van der Waals surface area contributed by atoms with Crippen molar-refractivity contribution >= 4 is 0 Å². The van der Waals surface area contributed by atoms with Crippen LogP contribution in [0.5, 0.6) is 0 Å². The lowest BCUT2D eigenvalue weighted by atomic mass is 10.1. The molecule has 0 amide bonds. The third kappa shape index (κ3) is 2.02. The van der Waals surface area contributed by atoms with Gasteiger partial charge in [0.2, 0.25) is 0 Å². The molecule has 2 aromatic rings. The Morgan fingerprint density at radius 1 is 1.56 bits per heavy atom. The molecule has 86 valence electrons. The lowest BCUT2D eigenvalue weighted by molar-refractivity contribution is 0.528. The van der Waals surface area contributed by atoms with Gasteiger partial charge >= 0.3 is 0 Å². The van der Waals surface area contributed by atoms with Crippen molar-refractivity contribution in [2.45, 2.75) is 32.9 Å². The van der Waals surface area contributed by atoms with Crippen molar-refractivity contribution in [3.63, 3.8) is 0 Å². The van der Waals surface area contributed by atoms with Crippen molar-refractivity contribution in [3.8, 4) is 0 Å². The van der Waals surface area contributed by atoms with E-state index >= 15 is 0 Å². The SMILES string of the molecule is CCCn1ccnc1C(N)c1coc(C)c1. The Hall–Kier alpha value is -1.55. The number of nitrogens with two attached hydrogens (primary N) is 1. The monoisotopic (exact) mass is 219 g/mol.